The first-order chi connectivity index (χ1) is 15.8. The zero-order valence-corrected chi connectivity index (χ0v) is 19.6. The second-order valence-corrected chi connectivity index (χ2v) is 10.5. The van der Waals surface area contributed by atoms with Crippen LogP contribution >= 0.6 is 11.3 Å². The van der Waals surface area contributed by atoms with Crippen LogP contribution in [-0.4, -0.2) is 49.3 Å². The van der Waals surface area contributed by atoms with Gasteiger partial charge < -0.3 is 4.74 Å². The lowest BCUT2D eigenvalue weighted by Gasteiger charge is -2.15. The average Bonchev–Trinajstić information content (AvgIpc) is 3.51. The Kier molecular flexibility index (Phi) is 6.87. The fourth-order valence-corrected chi connectivity index (χ4v) is 5.72. The number of nitrogens with one attached hydrogen (secondary N) is 1. The Balaban J connectivity index is 1.34. The summed E-state index contributed by atoms with van der Waals surface area (Å²) in [5.74, 6) is -1.31. The third-order valence-electron chi connectivity index (χ3n) is 5.20. The molecule has 33 heavy (non-hydrogen) atoms. The van der Waals surface area contributed by atoms with Gasteiger partial charge in [0.2, 0.25) is 10.0 Å². The summed E-state index contributed by atoms with van der Waals surface area (Å²) in [6, 6.07) is 13.6. The molecule has 1 aromatic heterocycles. The maximum Gasteiger partial charge on any atom is 0.338 e. The van der Waals surface area contributed by atoms with Crippen LogP contribution in [0.1, 0.15) is 28.8 Å². The number of aromatic nitrogens is 1. The SMILES string of the molecule is Cc1ccc(-c2csc(NC(=O)COC(=O)c3cccc(S(=O)(=O)N4CCCC4)c3)n2)cc1. The van der Waals surface area contributed by atoms with Crippen molar-refractivity contribution in [3.63, 3.8) is 0 Å². The molecule has 0 atom stereocenters. The molecule has 3 aromatic rings. The molecule has 0 aliphatic carbocycles. The molecule has 1 aliphatic heterocycles. The molecule has 2 heterocycles. The van der Waals surface area contributed by atoms with Gasteiger partial charge in [-0.05, 0) is 38.0 Å². The standard InChI is InChI=1S/C23H23N3O5S2/c1-16-7-9-17(10-8-16)20-15-32-23(24-20)25-21(27)14-31-22(28)18-5-4-6-19(13-18)33(29,30)26-11-2-3-12-26/h4-10,13,15H,2-3,11-12,14H2,1H3,(H,24,25,27). The summed E-state index contributed by atoms with van der Waals surface area (Å²) >= 11 is 1.27. The summed E-state index contributed by atoms with van der Waals surface area (Å²) in [6.07, 6.45) is 1.64. The Morgan fingerprint density at radius 1 is 1.12 bits per heavy atom. The van der Waals surface area contributed by atoms with E-state index in [2.05, 4.69) is 10.3 Å². The summed E-state index contributed by atoms with van der Waals surface area (Å²) in [5.41, 5.74) is 2.89. The maximum absolute atomic E-state index is 12.7. The molecule has 0 unspecified atom stereocenters. The number of carbonyl (C=O) groups excluding carboxylic acids is 2. The van der Waals surface area contributed by atoms with E-state index in [9.17, 15) is 18.0 Å². The predicted molar refractivity (Wildman–Crippen MR) is 126 cm³/mol. The van der Waals surface area contributed by atoms with Gasteiger partial charge in [0.25, 0.3) is 5.91 Å². The quantitative estimate of drug-likeness (QED) is 0.512. The minimum absolute atomic E-state index is 0.0368. The van der Waals surface area contributed by atoms with Crippen LogP contribution in [0.25, 0.3) is 11.3 Å². The Morgan fingerprint density at radius 3 is 2.58 bits per heavy atom. The molecule has 172 valence electrons. The van der Waals surface area contributed by atoms with E-state index in [1.807, 2.05) is 36.6 Å². The number of nitrogens with zero attached hydrogens (tertiary/aromatic N) is 2. The molecular weight excluding hydrogens is 462 g/mol. The monoisotopic (exact) mass is 485 g/mol. The average molecular weight is 486 g/mol. The second-order valence-electron chi connectivity index (χ2n) is 7.67. The fourth-order valence-electron chi connectivity index (χ4n) is 3.42. The van der Waals surface area contributed by atoms with Gasteiger partial charge in [-0.25, -0.2) is 18.2 Å². The fraction of sp³-hybridized carbons (Fsp3) is 0.261. The minimum atomic E-state index is -3.65. The second kappa shape index (κ2) is 9.82. The van der Waals surface area contributed by atoms with Crippen LogP contribution in [0.3, 0.4) is 0 Å². The number of hydrogen-bond acceptors (Lipinski definition) is 7. The van der Waals surface area contributed by atoms with Crippen LogP contribution in [0.2, 0.25) is 0 Å². The highest BCUT2D eigenvalue weighted by atomic mass is 32.2. The van der Waals surface area contributed by atoms with Gasteiger partial charge in [0.15, 0.2) is 11.7 Å². The van der Waals surface area contributed by atoms with Crippen molar-refractivity contribution in [2.24, 2.45) is 0 Å². The highest BCUT2D eigenvalue weighted by Crippen LogP contribution is 2.25. The van der Waals surface area contributed by atoms with Gasteiger partial charge in [-0.2, -0.15) is 4.31 Å². The third kappa shape index (κ3) is 5.47. The summed E-state index contributed by atoms with van der Waals surface area (Å²) < 4.78 is 31.9. The molecule has 0 spiro atoms. The first-order valence-electron chi connectivity index (χ1n) is 10.4. The zero-order chi connectivity index (χ0) is 23.4. The van der Waals surface area contributed by atoms with Crippen molar-refractivity contribution in [2.75, 3.05) is 25.0 Å². The lowest BCUT2D eigenvalue weighted by Crippen LogP contribution is -2.28. The van der Waals surface area contributed by atoms with E-state index >= 15 is 0 Å². The number of rotatable bonds is 7. The predicted octanol–water partition coefficient (Wildman–Crippen LogP) is 3.70. The molecule has 1 fully saturated rings. The zero-order valence-electron chi connectivity index (χ0n) is 18.0. The first-order valence-corrected chi connectivity index (χ1v) is 12.7. The Bertz CT molecular complexity index is 1260. The van der Waals surface area contributed by atoms with Crippen molar-refractivity contribution in [3.8, 4) is 11.3 Å². The van der Waals surface area contributed by atoms with Crippen molar-refractivity contribution in [2.45, 2.75) is 24.7 Å². The van der Waals surface area contributed by atoms with E-state index in [0.29, 0.717) is 18.2 Å². The molecular formula is C23H23N3O5S2. The number of hydrogen-bond donors (Lipinski definition) is 1. The molecule has 8 nitrogen and oxygen atoms in total. The number of ether oxygens (including phenoxy) is 1. The number of esters is 1. The molecule has 1 N–H and O–H groups in total. The number of aryl methyl sites for hydroxylation is 1. The summed E-state index contributed by atoms with van der Waals surface area (Å²) in [4.78, 5) is 29.0. The van der Waals surface area contributed by atoms with E-state index in [-0.39, 0.29) is 10.5 Å². The normalized spacial score (nSPS) is 14.2. The van der Waals surface area contributed by atoms with Gasteiger partial charge in [0.1, 0.15) is 0 Å². The summed E-state index contributed by atoms with van der Waals surface area (Å²) in [6.45, 7) is 2.43. The van der Waals surface area contributed by atoms with Crippen LogP contribution < -0.4 is 5.32 Å². The molecule has 4 rings (SSSR count). The van der Waals surface area contributed by atoms with Crippen molar-refractivity contribution >= 4 is 38.4 Å². The Hall–Kier alpha value is -3.08. The first kappa shape index (κ1) is 23.1. The van der Waals surface area contributed by atoms with Gasteiger partial charge in [-0.3, -0.25) is 10.1 Å². The highest BCUT2D eigenvalue weighted by Gasteiger charge is 2.27. The Labute approximate surface area is 196 Å². The summed E-state index contributed by atoms with van der Waals surface area (Å²) in [5, 5.41) is 4.84. The smallest absolute Gasteiger partial charge is 0.338 e. The van der Waals surface area contributed by atoms with E-state index in [1.54, 1.807) is 0 Å². The molecule has 0 saturated carbocycles. The van der Waals surface area contributed by atoms with E-state index < -0.39 is 28.5 Å². The number of carbonyl (C=O) groups is 2. The van der Waals surface area contributed by atoms with Crippen LogP contribution in [0.15, 0.2) is 58.8 Å². The number of thiazole rings is 1. The van der Waals surface area contributed by atoms with E-state index in [0.717, 1.165) is 29.7 Å². The number of amides is 1. The molecule has 1 saturated heterocycles. The van der Waals surface area contributed by atoms with Crippen LogP contribution in [0, 0.1) is 6.92 Å². The van der Waals surface area contributed by atoms with Gasteiger partial charge >= 0.3 is 5.97 Å². The van der Waals surface area contributed by atoms with Gasteiger partial charge in [0.05, 0.1) is 16.2 Å². The van der Waals surface area contributed by atoms with Crippen LogP contribution in [0.5, 0.6) is 0 Å². The molecule has 1 amide bonds. The minimum Gasteiger partial charge on any atom is -0.452 e. The van der Waals surface area contributed by atoms with E-state index in [1.165, 1.54) is 39.9 Å². The van der Waals surface area contributed by atoms with Crippen LogP contribution in [0.4, 0.5) is 5.13 Å². The third-order valence-corrected chi connectivity index (χ3v) is 7.86. The molecule has 0 bridgehead atoms. The van der Waals surface area contributed by atoms with Crippen molar-refractivity contribution in [3.05, 3.63) is 65.0 Å². The van der Waals surface area contributed by atoms with Crippen LogP contribution in [-0.2, 0) is 19.6 Å². The molecule has 1 aliphatic rings. The molecule has 10 heteroatoms. The van der Waals surface area contributed by atoms with Crippen molar-refractivity contribution in [1.82, 2.24) is 9.29 Å². The maximum atomic E-state index is 12.7. The van der Waals surface area contributed by atoms with Crippen molar-refractivity contribution in [1.29, 1.82) is 0 Å². The number of sulfonamides is 1. The number of anilines is 1. The van der Waals surface area contributed by atoms with E-state index in [4.69, 9.17) is 4.74 Å². The van der Waals surface area contributed by atoms with Crippen molar-refractivity contribution < 1.29 is 22.7 Å². The van der Waals surface area contributed by atoms with Gasteiger partial charge in [0, 0.05) is 24.0 Å². The number of benzene rings is 2. The summed E-state index contributed by atoms with van der Waals surface area (Å²) in [7, 11) is -3.65. The van der Waals surface area contributed by atoms with Gasteiger partial charge in [-0.1, -0.05) is 35.9 Å². The molecule has 0 radical (unpaired) electrons. The topological polar surface area (TPSA) is 106 Å². The molecule has 2 aromatic carbocycles. The largest absolute Gasteiger partial charge is 0.452 e. The highest BCUT2D eigenvalue weighted by molar-refractivity contribution is 7.89. The Morgan fingerprint density at radius 2 is 1.85 bits per heavy atom. The van der Waals surface area contributed by atoms with Gasteiger partial charge in [-0.15, -0.1) is 11.3 Å². The lowest BCUT2D eigenvalue weighted by molar-refractivity contribution is -0.119. The lowest BCUT2D eigenvalue weighted by atomic mass is 10.1.